The minimum absolute atomic E-state index is 0.0213. The number of ether oxygens (including phenoxy) is 1. The second kappa shape index (κ2) is 13.1. The van der Waals surface area contributed by atoms with Crippen LogP contribution in [0.4, 0.5) is 33.2 Å². The zero-order valence-electron chi connectivity index (χ0n) is 22.3. The number of methoxy groups -OCH3 is 1. The predicted molar refractivity (Wildman–Crippen MR) is 155 cm³/mol. The Balaban J connectivity index is 1.62. The van der Waals surface area contributed by atoms with Crippen molar-refractivity contribution < 1.29 is 13.9 Å². The molecule has 0 radical (unpaired) electrons. The molecule has 3 aromatic rings. The molecular formula is C28H30ClFN8O2. The Labute approximate surface area is 237 Å². The van der Waals surface area contributed by atoms with Crippen molar-refractivity contribution in [2.24, 2.45) is 0 Å². The normalized spacial score (nSPS) is 13.3. The van der Waals surface area contributed by atoms with Gasteiger partial charge in [0.2, 0.25) is 11.9 Å². The molecule has 10 nitrogen and oxygen atoms in total. The number of carbonyl (C=O) groups is 1. The standard InChI is InChI=1S/C28H30ClFN8O2/c1-4-26(39)34-23-14-24(38-11-9-37(5-2)10-12-38)20(29)13-22(23)35-28-33-16-18(15-31)27(36-28)32-17-19-21(30)7-6-8-25(19)40-3/h4,6-8,13-14,16H,1,5,9-12,17H2,2-3H3,(H,34,39)(H2,32,33,35,36). The van der Waals surface area contributed by atoms with Gasteiger partial charge in [-0.15, -0.1) is 0 Å². The maximum absolute atomic E-state index is 14.4. The summed E-state index contributed by atoms with van der Waals surface area (Å²) in [6, 6.07) is 10.1. The molecule has 4 rings (SSSR count). The molecule has 1 amide bonds. The number of piperazine rings is 1. The maximum Gasteiger partial charge on any atom is 0.247 e. The van der Waals surface area contributed by atoms with Gasteiger partial charge in [-0.2, -0.15) is 10.2 Å². The van der Waals surface area contributed by atoms with Crippen LogP contribution < -0.4 is 25.6 Å². The summed E-state index contributed by atoms with van der Waals surface area (Å²) in [7, 11) is 1.45. The molecule has 12 heteroatoms. The van der Waals surface area contributed by atoms with E-state index in [0.717, 1.165) is 38.4 Å². The molecule has 208 valence electrons. The Morgan fingerprint density at radius 1 is 1.27 bits per heavy atom. The number of carbonyl (C=O) groups excluding carboxylic acids is 1. The molecule has 0 saturated carbocycles. The lowest BCUT2D eigenvalue weighted by Gasteiger charge is -2.36. The number of hydrogen-bond acceptors (Lipinski definition) is 9. The summed E-state index contributed by atoms with van der Waals surface area (Å²) >= 11 is 6.71. The van der Waals surface area contributed by atoms with Crippen LogP contribution in [0.25, 0.3) is 0 Å². The number of benzene rings is 2. The van der Waals surface area contributed by atoms with E-state index in [1.807, 2.05) is 6.07 Å². The zero-order valence-corrected chi connectivity index (χ0v) is 23.1. The van der Waals surface area contributed by atoms with Crippen molar-refractivity contribution >= 4 is 46.3 Å². The summed E-state index contributed by atoms with van der Waals surface area (Å²) in [5.41, 5.74) is 2.16. The molecule has 3 N–H and O–H groups in total. The van der Waals surface area contributed by atoms with Crippen LogP contribution in [0.15, 0.2) is 49.2 Å². The quantitative estimate of drug-likeness (QED) is 0.299. The van der Waals surface area contributed by atoms with Crippen LogP contribution in [-0.2, 0) is 11.3 Å². The molecule has 2 heterocycles. The fourth-order valence-electron chi connectivity index (χ4n) is 4.35. The van der Waals surface area contributed by atoms with E-state index in [2.05, 4.69) is 49.2 Å². The number of nitrogens with one attached hydrogen (secondary N) is 3. The first kappa shape index (κ1) is 28.6. The van der Waals surface area contributed by atoms with Crippen LogP contribution in [0.5, 0.6) is 5.75 Å². The van der Waals surface area contributed by atoms with Crippen LogP contribution in [0.3, 0.4) is 0 Å². The SMILES string of the molecule is C=CC(=O)Nc1cc(N2CCN(CC)CC2)c(Cl)cc1Nc1ncc(C#N)c(NCc2c(F)cccc2OC)n1. The smallest absolute Gasteiger partial charge is 0.247 e. The monoisotopic (exact) mass is 564 g/mol. The molecule has 0 spiro atoms. The highest BCUT2D eigenvalue weighted by Gasteiger charge is 2.21. The number of halogens is 2. The summed E-state index contributed by atoms with van der Waals surface area (Å²) in [5, 5.41) is 19.0. The van der Waals surface area contributed by atoms with Gasteiger partial charge in [0.15, 0.2) is 0 Å². The van der Waals surface area contributed by atoms with Gasteiger partial charge in [-0.3, -0.25) is 4.79 Å². The maximum atomic E-state index is 14.4. The van der Waals surface area contributed by atoms with Crippen LogP contribution in [0.2, 0.25) is 5.02 Å². The van der Waals surface area contributed by atoms with Gasteiger partial charge in [-0.25, -0.2) is 9.37 Å². The van der Waals surface area contributed by atoms with Crippen LogP contribution in [-0.4, -0.2) is 60.6 Å². The minimum atomic E-state index is -0.453. The lowest BCUT2D eigenvalue weighted by atomic mass is 10.2. The van der Waals surface area contributed by atoms with Crippen molar-refractivity contribution in [1.29, 1.82) is 5.26 Å². The summed E-state index contributed by atoms with van der Waals surface area (Å²) in [6.07, 6.45) is 2.52. The number of aromatic nitrogens is 2. The zero-order chi connectivity index (χ0) is 28.6. The lowest BCUT2D eigenvalue weighted by Crippen LogP contribution is -2.46. The molecule has 1 aliphatic heterocycles. The summed E-state index contributed by atoms with van der Waals surface area (Å²) < 4.78 is 19.7. The van der Waals surface area contributed by atoms with Crippen molar-refractivity contribution in [2.75, 3.05) is 60.7 Å². The number of likely N-dealkylation sites (N-methyl/N-ethyl adjacent to an activating group) is 1. The fourth-order valence-corrected chi connectivity index (χ4v) is 4.64. The van der Waals surface area contributed by atoms with Gasteiger partial charge >= 0.3 is 0 Å². The summed E-state index contributed by atoms with van der Waals surface area (Å²) in [5.74, 6) is -0.151. The number of anilines is 5. The molecule has 40 heavy (non-hydrogen) atoms. The number of hydrogen-bond donors (Lipinski definition) is 3. The number of rotatable bonds is 10. The molecule has 0 atom stereocenters. The molecular weight excluding hydrogens is 535 g/mol. The van der Waals surface area contributed by atoms with E-state index in [-0.39, 0.29) is 23.9 Å². The summed E-state index contributed by atoms with van der Waals surface area (Å²) in [4.78, 5) is 25.5. The van der Waals surface area contributed by atoms with Crippen LogP contribution >= 0.6 is 11.6 Å². The van der Waals surface area contributed by atoms with E-state index >= 15 is 0 Å². The van der Waals surface area contributed by atoms with Crippen LogP contribution in [0, 0.1) is 17.1 Å². The first-order valence-corrected chi connectivity index (χ1v) is 13.1. The first-order chi connectivity index (χ1) is 19.4. The highest BCUT2D eigenvalue weighted by atomic mass is 35.5. The Morgan fingerprint density at radius 3 is 2.73 bits per heavy atom. The number of amides is 1. The van der Waals surface area contributed by atoms with Gasteiger partial charge in [0.05, 0.1) is 35.4 Å². The Morgan fingerprint density at radius 2 is 2.05 bits per heavy atom. The third kappa shape index (κ3) is 6.59. The molecule has 0 unspecified atom stereocenters. The van der Waals surface area contributed by atoms with Crippen molar-refractivity contribution in [3.8, 4) is 11.8 Å². The molecule has 1 fully saturated rings. The average molecular weight is 565 g/mol. The Hall–Kier alpha value is -4.40. The van der Waals surface area contributed by atoms with Gasteiger partial charge in [0.25, 0.3) is 0 Å². The van der Waals surface area contributed by atoms with Crippen molar-refractivity contribution in [1.82, 2.24) is 14.9 Å². The van der Waals surface area contributed by atoms with Crippen molar-refractivity contribution in [3.05, 3.63) is 71.2 Å². The lowest BCUT2D eigenvalue weighted by molar-refractivity contribution is -0.111. The highest BCUT2D eigenvalue weighted by molar-refractivity contribution is 6.34. The fraction of sp³-hybridized carbons (Fsp3) is 0.286. The minimum Gasteiger partial charge on any atom is -0.496 e. The van der Waals surface area contributed by atoms with Gasteiger partial charge in [-0.1, -0.05) is 31.2 Å². The summed E-state index contributed by atoms with van der Waals surface area (Å²) in [6.45, 7) is 10.1. The second-order valence-electron chi connectivity index (χ2n) is 8.93. The molecule has 1 aliphatic rings. The van der Waals surface area contributed by atoms with Crippen LogP contribution in [0.1, 0.15) is 18.1 Å². The molecule has 0 aliphatic carbocycles. The van der Waals surface area contributed by atoms with E-state index in [1.165, 1.54) is 25.4 Å². The Bertz CT molecular complexity index is 1440. The third-order valence-electron chi connectivity index (χ3n) is 6.57. The van der Waals surface area contributed by atoms with E-state index in [0.29, 0.717) is 27.7 Å². The molecule has 0 bridgehead atoms. The van der Waals surface area contributed by atoms with E-state index < -0.39 is 11.7 Å². The Kier molecular flexibility index (Phi) is 9.37. The predicted octanol–water partition coefficient (Wildman–Crippen LogP) is 4.77. The van der Waals surface area contributed by atoms with E-state index in [1.54, 1.807) is 24.3 Å². The van der Waals surface area contributed by atoms with Gasteiger partial charge in [0, 0.05) is 38.3 Å². The van der Waals surface area contributed by atoms with Gasteiger partial charge in [-0.05, 0) is 36.9 Å². The van der Waals surface area contributed by atoms with E-state index in [4.69, 9.17) is 16.3 Å². The van der Waals surface area contributed by atoms with Gasteiger partial charge in [0.1, 0.15) is 29.0 Å². The average Bonchev–Trinajstić information content (AvgIpc) is 2.97. The largest absolute Gasteiger partial charge is 0.496 e. The molecule has 1 aromatic heterocycles. The van der Waals surface area contributed by atoms with Crippen molar-refractivity contribution in [2.45, 2.75) is 13.5 Å². The first-order valence-electron chi connectivity index (χ1n) is 12.7. The molecule has 1 saturated heterocycles. The number of nitrogens with zero attached hydrogens (tertiary/aromatic N) is 5. The number of nitriles is 1. The topological polar surface area (TPSA) is 118 Å². The second-order valence-corrected chi connectivity index (χ2v) is 9.34. The van der Waals surface area contributed by atoms with Gasteiger partial charge < -0.3 is 30.5 Å². The molecule has 2 aromatic carbocycles. The van der Waals surface area contributed by atoms with E-state index in [9.17, 15) is 14.4 Å². The van der Waals surface area contributed by atoms with Crippen molar-refractivity contribution in [3.63, 3.8) is 0 Å². The highest BCUT2D eigenvalue weighted by Crippen LogP contribution is 2.37. The third-order valence-corrected chi connectivity index (χ3v) is 6.88.